The quantitative estimate of drug-likeness (QED) is 0.116. The van der Waals surface area contributed by atoms with E-state index in [1.807, 2.05) is 0 Å². The summed E-state index contributed by atoms with van der Waals surface area (Å²) in [6, 6.07) is 175. The molecule has 0 N–H and O–H groups in total. The van der Waals surface area contributed by atoms with E-state index in [-0.39, 0.29) is 0 Å². The summed E-state index contributed by atoms with van der Waals surface area (Å²) >= 11 is 0. The summed E-state index contributed by atoms with van der Waals surface area (Å²) < 4.78 is 9.56. The van der Waals surface area contributed by atoms with Gasteiger partial charge in [0, 0.05) is 71.4 Å². The Labute approximate surface area is 747 Å². The van der Waals surface area contributed by atoms with E-state index in [0.717, 1.165) is 0 Å². The molecule has 128 heavy (non-hydrogen) atoms. The van der Waals surface area contributed by atoms with Gasteiger partial charge in [0.15, 0.2) is 0 Å². The molecule has 0 aliphatic carbocycles. The molecule has 0 saturated carbocycles. The highest BCUT2D eigenvalue weighted by molar-refractivity contribution is 6.18. The molecule has 0 aliphatic heterocycles. The van der Waals surface area contributed by atoms with Crippen molar-refractivity contribution in [2.24, 2.45) is 0 Å². The van der Waals surface area contributed by atoms with Crippen molar-refractivity contribution in [3.05, 3.63) is 508 Å². The molecule has 0 aliphatic rings. The van der Waals surface area contributed by atoms with Crippen molar-refractivity contribution in [3.63, 3.8) is 0 Å². The van der Waals surface area contributed by atoms with Gasteiger partial charge in [-0.2, -0.15) is 0 Å². The van der Waals surface area contributed by atoms with Crippen LogP contribution < -0.4 is 0 Å². The number of para-hydroxylation sites is 5. The molecule has 0 bridgehead atoms. The average Bonchev–Trinajstić information content (AvgIpc) is 1.58. The summed E-state index contributed by atoms with van der Waals surface area (Å²) in [5.41, 5.74) is 39.6. The summed E-state index contributed by atoms with van der Waals surface area (Å²) in [7, 11) is 0. The standard InChI is InChI=1S/4C31H23N/c1-22-15-17-24(18-16-22)27-13-8-14-30-31(27)28-21-25(23-9-4-2-5-10-23)19-20-29(28)32(30)26-11-6-3-7-12-26;1-22-15-17-24(18-16-22)27-13-8-14-28-29-21-25(23-9-4-2-5-10-23)19-20-30(29)32(31(27)28)26-11-6-3-7-12-26;1-22-12-14-24(15-13-22)26-16-18-28-29-20-25(23-8-4-2-5-9-23)17-19-30(29)32(31(28)21-26)27-10-6-3-7-11-27;1-22-12-14-24(15-13-22)26-17-19-31-29(21-26)28-20-25(23-8-4-2-5-9-23)16-18-30(28)32(31)27-10-6-3-7-11-27/h4*2-21H,1H3. The van der Waals surface area contributed by atoms with Crippen molar-refractivity contribution in [2.45, 2.75) is 27.7 Å². The van der Waals surface area contributed by atoms with Crippen LogP contribution >= 0.6 is 0 Å². The molecule has 24 aromatic rings. The molecule has 4 aromatic heterocycles. The summed E-state index contributed by atoms with van der Waals surface area (Å²) in [6.07, 6.45) is 0. The number of benzene rings is 20. The zero-order chi connectivity index (χ0) is 86.0. The van der Waals surface area contributed by atoms with E-state index in [9.17, 15) is 0 Å². The summed E-state index contributed by atoms with van der Waals surface area (Å²) in [4.78, 5) is 0. The van der Waals surface area contributed by atoms with Gasteiger partial charge >= 0.3 is 0 Å². The van der Waals surface area contributed by atoms with Crippen LogP contribution in [0.5, 0.6) is 0 Å². The number of nitrogens with zero attached hydrogens (tertiary/aromatic N) is 4. The van der Waals surface area contributed by atoms with Crippen LogP contribution in [0.15, 0.2) is 485 Å². The van der Waals surface area contributed by atoms with Crippen LogP contribution in [0.3, 0.4) is 0 Å². The number of hydrogen-bond donors (Lipinski definition) is 0. The fourth-order valence-electron chi connectivity index (χ4n) is 18.6. The molecule has 24 rings (SSSR count). The van der Waals surface area contributed by atoms with Crippen molar-refractivity contribution in [2.75, 3.05) is 0 Å². The largest absolute Gasteiger partial charge is 0.309 e. The molecule has 4 heterocycles. The van der Waals surface area contributed by atoms with Gasteiger partial charge in [0.1, 0.15) is 0 Å². The van der Waals surface area contributed by atoms with E-state index in [1.54, 1.807) is 0 Å². The number of aryl methyl sites for hydroxylation is 4. The highest BCUT2D eigenvalue weighted by Crippen LogP contribution is 2.45. The van der Waals surface area contributed by atoms with Gasteiger partial charge < -0.3 is 18.3 Å². The maximum absolute atomic E-state index is 2.41. The third-order valence-corrected chi connectivity index (χ3v) is 25.1. The Balaban J connectivity index is 0.000000104. The average molecular weight is 1640 g/mol. The molecule has 0 spiro atoms. The summed E-state index contributed by atoms with van der Waals surface area (Å²) in [5.74, 6) is 0. The van der Waals surface area contributed by atoms with Crippen molar-refractivity contribution < 1.29 is 0 Å². The molecule has 0 atom stereocenters. The first-order valence-electron chi connectivity index (χ1n) is 44.2. The maximum atomic E-state index is 2.41. The summed E-state index contributed by atoms with van der Waals surface area (Å²) in [5, 5.41) is 10.2. The Morgan fingerprint density at radius 3 is 0.766 bits per heavy atom. The molecule has 4 heteroatoms. The molecule has 608 valence electrons. The lowest BCUT2D eigenvalue weighted by Crippen LogP contribution is -1.95. The minimum Gasteiger partial charge on any atom is -0.309 e. The maximum Gasteiger partial charge on any atom is 0.0619 e. The predicted octanol–water partition coefficient (Wildman–Crippen LogP) is 33.7. The van der Waals surface area contributed by atoms with Gasteiger partial charge in [0.25, 0.3) is 0 Å². The highest BCUT2D eigenvalue weighted by Gasteiger charge is 2.22. The van der Waals surface area contributed by atoms with E-state index < -0.39 is 0 Å². The number of rotatable bonds is 12. The topological polar surface area (TPSA) is 19.7 Å². The molecule has 0 fully saturated rings. The van der Waals surface area contributed by atoms with Gasteiger partial charge in [-0.25, -0.2) is 0 Å². The van der Waals surface area contributed by atoms with E-state index in [1.165, 1.54) is 221 Å². The first kappa shape index (κ1) is 78.8. The molecule has 0 radical (unpaired) electrons. The van der Waals surface area contributed by atoms with E-state index >= 15 is 0 Å². The second-order valence-corrected chi connectivity index (χ2v) is 33.4. The normalized spacial score (nSPS) is 11.3. The van der Waals surface area contributed by atoms with Gasteiger partial charge in [-0.15, -0.1) is 0 Å². The Morgan fingerprint density at radius 1 is 0.133 bits per heavy atom. The van der Waals surface area contributed by atoms with Crippen LogP contribution in [-0.4, -0.2) is 18.3 Å². The Kier molecular flexibility index (Phi) is 21.4. The van der Waals surface area contributed by atoms with Crippen LogP contribution in [0.25, 0.3) is 199 Å². The second kappa shape index (κ2) is 34.7. The van der Waals surface area contributed by atoms with Crippen LogP contribution in [0, 0.1) is 27.7 Å². The van der Waals surface area contributed by atoms with Crippen LogP contribution in [0.1, 0.15) is 22.3 Å². The SMILES string of the molecule is Cc1ccc(-c2ccc3c(c2)c2cc(-c4ccccc4)ccc2n3-c2ccccc2)cc1.Cc1ccc(-c2ccc3c4cc(-c5ccccc5)ccc4n(-c4ccccc4)c3c2)cc1.Cc1ccc(-c2cccc3c2c2cc(-c4ccccc4)ccc2n3-c2ccccc2)cc1.Cc1ccc(-c2cccc3c4cc(-c5ccccc5)ccc4n(-c4ccccc4)c23)cc1. The van der Waals surface area contributed by atoms with E-state index in [0.29, 0.717) is 0 Å². The fraction of sp³-hybridized carbons (Fsp3) is 0.0323. The first-order chi connectivity index (χ1) is 63.1. The third kappa shape index (κ3) is 15.4. The molecule has 0 saturated heterocycles. The number of aromatic nitrogens is 4. The van der Waals surface area contributed by atoms with E-state index in [4.69, 9.17) is 0 Å². The van der Waals surface area contributed by atoms with Crippen molar-refractivity contribution in [1.82, 2.24) is 18.3 Å². The lowest BCUT2D eigenvalue weighted by atomic mass is 9.97. The lowest BCUT2D eigenvalue weighted by molar-refractivity contribution is 1.18. The van der Waals surface area contributed by atoms with Crippen LogP contribution in [0.4, 0.5) is 0 Å². The second-order valence-electron chi connectivity index (χ2n) is 33.4. The molecule has 20 aromatic carbocycles. The van der Waals surface area contributed by atoms with E-state index in [2.05, 4.69) is 531 Å². The molecule has 4 nitrogen and oxygen atoms in total. The molecule has 0 amide bonds. The number of hydrogen-bond acceptors (Lipinski definition) is 0. The molecular formula is C124H92N4. The zero-order valence-electron chi connectivity index (χ0n) is 72.0. The highest BCUT2D eigenvalue weighted by atomic mass is 15.0. The molecular weight excluding hydrogens is 1550 g/mol. The van der Waals surface area contributed by atoms with Gasteiger partial charge in [0.05, 0.1) is 44.1 Å². The van der Waals surface area contributed by atoms with Gasteiger partial charge in [-0.05, 0) is 232 Å². The Morgan fingerprint density at radius 2 is 0.383 bits per heavy atom. The minimum atomic E-state index is 1.18. The van der Waals surface area contributed by atoms with Crippen LogP contribution in [-0.2, 0) is 0 Å². The van der Waals surface area contributed by atoms with Crippen LogP contribution in [0.2, 0.25) is 0 Å². The van der Waals surface area contributed by atoms with Crippen molar-refractivity contribution >= 4 is 87.2 Å². The van der Waals surface area contributed by atoms with Crippen molar-refractivity contribution in [3.8, 4) is 112 Å². The lowest BCUT2D eigenvalue weighted by Gasteiger charge is -2.12. The first-order valence-corrected chi connectivity index (χ1v) is 44.2. The van der Waals surface area contributed by atoms with Crippen molar-refractivity contribution in [1.29, 1.82) is 0 Å². The number of fused-ring (bicyclic) bond motifs is 12. The van der Waals surface area contributed by atoms with Gasteiger partial charge in [-0.1, -0.05) is 386 Å². The molecule has 0 unspecified atom stereocenters. The zero-order valence-corrected chi connectivity index (χ0v) is 72.0. The monoisotopic (exact) mass is 1640 g/mol. The fourth-order valence-corrected chi connectivity index (χ4v) is 18.6. The Bertz CT molecular complexity index is 7990. The smallest absolute Gasteiger partial charge is 0.0619 e. The predicted molar refractivity (Wildman–Crippen MR) is 546 cm³/mol. The minimum absolute atomic E-state index is 1.18. The van der Waals surface area contributed by atoms with Gasteiger partial charge in [-0.3, -0.25) is 0 Å². The van der Waals surface area contributed by atoms with Gasteiger partial charge in [0.2, 0.25) is 0 Å². The summed E-state index contributed by atoms with van der Waals surface area (Å²) in [6.45, 7) is 8.53. The Hall–Kier alpha value is -16.4. The third-order valence-electron chi connectivity index (χ3n) is 25.1.